The first-order valence-electron chi connectivity index (χ1n) is 18.8. The van der Waals surface area contributed by atoms with Gasteiger partial charge >= 0.3 is 0 Å². The van der Waals surface area contributed by atoms with Gasteiger partial charge in [-0.1, -0.05) is 110 Å². The molecule has 0 bridgehead atoms. The van der Waals surface area contributed by atoms with E-state index in [1.165, 1.54) is 93.7 Å². The maximum Gasteiger partial charge on any atom is 0.252 e. The molecule has 1 aliphatic carbocycles. The van der Waals surface area contributed by atoms with Crippen LogP contribution >= 0.6 is 0 Å². The second kappa shape index (κ2) is 11.8. The molecular weight excluding hydrogens is 631 g/mol. The van der Waals surface area contributed by atoms with Crippen molar-refractivity contribution in [1.29, 1.82) is 0 Å². The van der Waals surface area contributed by atoms with Crippen LogP contribution in [-0.4, -0.2) is 6.71 Å². The van der Waals surface area contributed by atoms with Gasteiger partial charge in [-0.2, -0.15) is 0 Å². The maximum atomic E-state index is 6.33. The monoisotopic (exact) mass is 668 g/mol. The van der Waals surface area contributed by atoms with Gasteiger partial charge in [0.1, 0.15) is 11.2 Å². The molecule has 1 saturated carbocycles. The molecule has 3 aliphatic rings. The van der Waals surface area contributed by atoms with Crippen molar-refractivity contribution in [2.24, 2.45) is 0 Å². The highest BCUT2D eigenvalue weighted by Crippen LogP contribution is 2.47. The lowest BCUT2D eigenvalue weighted by Crippen LogP contribution is -2.61. The summed E-state index contributed by atoms with van der Waals surface area (Å²) in [6.45, 7) is 0.132. The van der Waals surface area contributed by atoms with Crippen LogP contribution in [0.25, 0.3) is 33.1 Å². The lowest BCUT2D eigenvalue weighted by atomic mass is 9.33. The topological polar surface area (TPSA) is 19.6 Å². The Morgan fingerprint density at radius 1 is 0.462 bits per heavy atom. The maximum absolute atomic E-state index is 6.33. The van der Waals surface area contributed by atoms with Crippen LogP contribution < -0.4 is 26.2 Å². The van der Waals surface area contributed by atoms with Crippen LogP contribution in [0.2, 0.25) is 0 Å². The molecular formula is C48H37BN2O. The predicted octanol–water partition coefficient (Wildman–Crippen LogP) is 11.4. The zero-order chi connectivity index (χ0) is 34.2. The number of benzene rings is 7. The van der Waals surface area contributed by atoms with E-state index >= 15 is 0 Å². The van der Waals surface area contributed by atoms with Gasteiger partial charge in [0.05, 0.1) is 0 Å². The average Bonchev–Trinajstić information content (AvgIpc) is 3.59. The van der Waals surface area contributed by atoms with E-state index in [0.29, 0.717) is 5.92 Å². The summed E-state index contributed by atoms with van der Waals surface area (Å²) in [7, 11) is 0. The van der Waals surface area contributed by atoms with E-state index in [-0.39, 0.29) is 6.71 Å². The van der Waals surface area contributed by atoms with Crippen LogP contribution in [0.4, 0.5) is 34.1 Å². The van der Waals surface area contributed by atoms with Crippen LogP contribution in [0.15, 0.2) is 162 Å². The van der Waals surface area contributed by atoms with Crippen molar-refractivity contribution in [3.8, 4) is 11.1 Å². The van der Waals surface area contributed by atoms with Crippen LogP contribution in [0.3, 0.4) is 0 Å². The molecule has 0 radical (unpaired) electrons. The number of nitrogens with zero attached hydrogens (tertiary/aromatic N) is 2. The first kappa shape index (κ1) is 29.7. The first-order chi connectivity index (χ1) is 25.8. The molecule has 1 fully saturated rings. The standard InChI is InChI=1S/C48H37BN2O/c1-3-14-32(15-4-1)35-29-44-48-45(30-35)51(37-19-13-16-33(28-37)34-26-27-39-38-20-7-12-25-46(38)52-47(39)31-34)43-24-11-9-22-41(43)49(48)40-21-8-10-23-42(40)50(44)36-17-5-2-6-18-36/h2,5-13,16-32H,1,3-4,14-15H2. The summed E-state index contributed by atoms with van der Waals surface area (Å²) in [6.07, 6.45) is 6.44. The highest BCUT2D eigenvalue weighted by Gasteiger charge is 2.43. The Kier molecular flexibility index (Phi) is 6.73. The number of anilines is 6. The second-order valence-corrected chi connectivity index (χ2v) is 14.7. The van der Waals surface area contributed by atoms with Gasteiger partial charge in [0.25, 0.3) is 6.71 Å². The molecule has 0 atom stereocenters. The number of furan rings is 1. The fraction of sp³-hybridized carbons (Fsp3) is 0.125. The van der Waals surface area contributed by atoms with Crippen molar-refractivity contribution in [3.05, 3.63) is 163 Å². The van der Waals surface area contributed by atoms with Gasteiger partial charge in [0.15, 0.2) is 0 Å². The minimum Gasteiger partial charge on any atom is -0.456 e. The normalized spacial score (nSPS) is 15.1. The lowest BCUT2D eigenvalue weighted by molar-refractivity contribution is 0.444. The van der Waals surface area contributed by atoms with Crippen LogP contribution in [0, 0.1) is 0 Å². The van der Waals surface area contributed by atoms with Crippen molar-refractivity contribution >= 4 is 79.2 Å². The lowest BCUT2D eigenvalue weighted by Gasteiger charge is -2.45. The molecule has 3 nitrogen and oxygen atoms in total. The summed E-state index contributed by atoms with van der Waals surface area (Å²) in [5.74, 6) is 0.560. The minimum atomic E-state index is 0.132. The zero-order valence-electron chi connectivity index (χ0n) is 29.0. The Hall–Kier alpha value is -6.00. The summed E-state index contributed by atoms with van der Waals surface area (Å²) in [6, 6.07) is 58.3. The van der Waals surface area contributed by atoms with Gasteiger partial charge < -0.3 is 14.2 Å². The van der Waals surface area contributed by atoms with Gasteiger partial charge in [-0.25, -0.2) is 0 Å². The third-order valence-electron chi connectivity index (χ3n) is 11.8. The van der Waals surface area contributed by atoms with Gasteiger partial charge in [0, 0.05) is 44.9 Å². The molecule has 52 heavy (non-hydrogen) atoms. The van der Waals surface area contributed by atoms with Crippen molar-refractivity contribution in [1.82, 2.24) is 0 Å². The molecule has 248 valence electrons. The molecule has 0 spiro atoms. The number of rotatable bonds is 4. The van der Waals surface area contributed by atoms with Gasteiger partial charge in [-0.15, -0.1) is 0 Å². The summed E-state index contributed by atoms with van der Waals surface area (Å²) in [5, 5.41) is 2.31. The SMILES string of the molecule is c1ccc(N2c3ccccc3B3c4ccccc4N(c4cccc(-c5ccc6c(c5)oc5ccccc56)c4)c4cc(C5CCCCC5)cc2c43)cc1. The van der Waals surface area contributed by atoms with E-state index in [2.05, 4.69) is 161 Å². The quantitative estimate of drug-likeness (QED) is 0.174. The Morgan fingerprint density at radius 3 is 1.85 bits per heavy atom. The van der Waals surface area contributed by atoms with Crippen molar-refractivity contribution in [3.63, 3.8) is 0 Å². The summed E-state index contributed by atoms with van der Waals surface area (Å²) >= 11 is 0. The van der Waals surface area contributed by atoms with Crippen LogP contribution in [0.1, 0.15) is 43.6 Å². The van der Waals surface area contributed by atoms with E-state index in [4.69, 9.17) is 4.42 Å². The van der Waals surface area contributed by atoms with E-state index in [9.17, 15) is 0 Å². The molecule has 0 N–H and O–H groups in total. The van der Waals surface area contributed by atoms with E-state index in [0.717, 1.165) is 27.5 Å². The third kappa shape index (κ3) is 4.53. The van der Waals surface area contributed by atoms with Gasteiger partial charge in [-0.3, -0.25) is 0 Å². The summed E-state index contributed by atoms with van der Waals surface area (Å²) in [5.41, 5.74) is 17.2. The van der Waals surface area contributed by atoms with Gasteiger partial charge in [0.2, 0.25) is 0 Å². The predicted molar refractivity (Wildman–Crippen MR) is 219 cm³/mol. The first-order valence-corrected chi connectivity index (χ1v) is 18.8. The molecule has 3 heterocycles. The average molecular weight is 669 g/mol. The number of fused-ring (bicyclic) bond motifs is 7. The fourth-order valence-corrected chi connectivity index (χ4v) is 9.45. The van der Waals surface area contributed by atoms with Gasteiger partial charge in [-0.05, 0) is 119 Å². The number of hydrogen-bond acceptors (Lipinski definition) is 3. The number of para-hydroxylation sites is 4. The Morgan fingerprint density at radius 2 is 1.08 bits per heavy atom. The molecule has 2 aliphatic heterocycles. The summed E-state index contributed by atoms with van der Waals surface area (Å²) in [4.78, 5) is 5.08. The zero-order valence-corrected chi connectivity index (χ0v) is 29.0. The smallest absolute Gasteiger partial charge is 0.252 e. The Bertz CT molecular complexity index is 2650. The van der Waals surface area contributed by atoms with Crippen LogP contribution in [-0.2, 0) is 0 Å². The fourth-order valence-electron chi connectivity index (χ4n) is 9.45. The largest absolute Gasteiger partial charge is 0.456 e. The molecule has 4 heteroatoms. The van der Waals surface area contributed by atoms with E-state index in [1.54, 1.807) is 0 Å². The van der Waals surface area contributed by atoms with E-state index in [1.807, 2.05) is 6.07 Å². The molecule has 0 unspecified atom stereocenters. The van der Waals surface area contributed by atoms with Crippen LogP contribution in [0.5, 0.6) is 0 Å². The Labute approximate surface area is 304 Å². The Balaban J connectivity index is 1.15. The number of hydrogen-bond donors (Lipinski definition) is 0. The van der Waals surface area contributed by atoms with Crippen molar-refractivity contribution in [2.45, 2.75) is 38.0 Å². The molecule has 8 aromatic rings. The third-order valence-corrected chi connectivity index (χ3v) is 11.8. The second-order valence-electron chi connectivity index (χ2n) is 14.7. The molecule has 7 aromatic carbocycles. The molecule has 1 aromatic heterocycles. The highest BCUT2D eigenvalue weighted by atomic mass is 16.3. The molecule has 0 amide bonds. The summed E-state index contributed by atoms with van der Waals surface area (Å²) < 4.78 is 6.33. The highest BCUT2D eigenvalue weighted by molar-refractivity contribution is 7.00. The minimum absolute atomic E-state index is 0.132. The molecule has 11 rings (SSSR count). The van der Waals surface area contributed by atoms with Crippen molar-refractivity contribution < 1.29 is 4.42 Å². The molecule has 0 saturated heterocycles. The van der Waals surface area contributed by atoms with E-state index < -0.39 is 0 Å². The van der Waals surface area contributed by atoms with Crippen molar-refractivity contribution in [2.75, 3.05) is 9.80 Å².